The first-order valence-electron chi connectivity index (χ1n) is 8.80. The van der Waals surface area contributed by atoms with Crippen LogP contribution in [0.4, 0.5) is 5.82 Å². The number of aromatic nitrogens is 3. The summed E-state index contributed by atoms with van der Waals surface area (Å²) in [6.45, 7) is 0.639. The summed E-state index contributed by atoms with van der Waals surface area (Å²) in [5.41, 5.74) is 8.80. The van der Waals surface area contributed by atoms with Gasteiger partial charge >= 0.3 is 5.97 Å². The summed E-state index contributed by atoms with van der Waals surface area (Å²) in [5, 5.41) is 13.2. The Bertz CT molecular complexity index is 983. The average Bonchev–Trinajstić information content (AvgIpc) is 3.09. The highest BCUT2D eigenvalue weighted by Gasteiger charge is 2.29. The van der Waals surface area contributed by atoms with Crippen LogP contribution in [-0.2, 0) is 4.79 Å². The lowest BCUT2D eigenvalue weighted by Crippen LogP contribution is -2.43. The molecule has 1 aliphatic rings. The molecule has 3 aromatic rings. The van der Waals surface area contributed by atoms with Gasteiger partial charge in [0.25, 0.3) is 0 Å². The standard InChI is InChI=1S/C19H21N5O3/c1-27-13-4-2-11(3-5-13)14-9-24(18-16(14)17(20)22-10-23-18)12-6-7-21-15(8-12)19(25)26/h2-5,9-10,12,15,21H,6-8H2,1H3,(H,25,26)(H2,20,22,23). The monoisotopic (exact) mass is 367 g/mol. The second kappa shape index (κ2) is 6.88. The number of aliphatic carboxylic acids is 1. The number of nitrogens with zero attached hydrogens (tertiary/aromatic N) is 3. The van der Waals surface area contributed by atoms with Crippen LogP contribution >= 0.6 is 0 Å². The number of fused-ring (bicyclic) bond motifs is 1. The van der Waals surface area contributed by atoms with Crippen molar-refractivity contribution in [3.8, 4) is 16.9 Å². The summed E-state index contributed by atoms with van der Waals surface area (Å²) < 4.78 is 7.28. The predicted octanol–water partition coefficient (Wildman–Crippen LogP) is 2.07. The quantitative estimate of drug-likeness (QED) is 0.646. The Labute approximate surface area is 156 Å². The van der Waals surface area contributed by atoms with Crippen molar-refractivity contribution in [2.24, 2.45) is 0 Å². The molecule has 1 aromatic carbocycles. The van der Waals surface area contributed by atoms with Gasteiger partial charge in [0.1, 0.15) is 29.6 Å². The molecule has 1 aliphatic heterocycles. The zero-order valence-electron chi connectivity index (χ0n) is 14.9. The minimum absolute atomic E-state index is 0.0242. The fraction of sp³-hybridized carbons (Fsp3) is 0.316. The fourth-order valence-electron chi connectivity index (χ4n) is 3.71. The molecule has 4 N–H and O–H groups in total. The van der Waals surface area contributed by atoms with E-state index in [1.165, 1.54) is 6.33 Å². The molecule has 0 spiro atoms. The zero-order valence-corrected chi connectivity index (χ0v) is 14.9. The van der Waals surface area contributed by atoms with Gasteiger partial charge in [0.05, 0.1) is 12.5 Å². The van der Waals surface area contributed by atoms with Crippen molar-refractivity contribution in [2.75, 3.05) is 19.4 Å². The van der Waals surface area contributed by atoms with Crippen molar-refractivity contribution in [3.05, 3.63) is 36.8 Å². The molecule has 1 saturated heterocycles. The summed E-state index contributed by atoms with van der Waals surface area (Å²) in [7, 11) is 1.63. The Morgan fingerprint density at radius 3 is 2.81 bits per heavy atom. The van der Waals surface area contributed by atoms with Crippen LogP contribution in [0, 0.1) is 0 Å². The Balaban J connectivity index is 1.82. The van der Waals surface area contributed by atoms with E-state index < -0.39 is 12.0 Å². The van der Waals surface area contributed by atoms with Crippen molar-refractivity contribution < 1.29 is 14.6 Å². The van der Waals surface area contributed by atoms with E-state index in [2.05, 4.69) is 15.3 Å². The third kappa shape index (κ3) is 3.08. The number of carboxylic acids is 1. The first-order chi connectivity index (χ1) is 13.1. The van der Waals surface area contributed by atoms with Gasteiger partial charge in [-0.05, 0) is 37.1 Å². The molecule has 1 fully saturated rings. The average molecular weight is 367 g/mol. The van der Waals surface area contributed by atoms with Crippen LogP contribution in [0.5, 0.6) is 5.75 Å². The van der Waals surface area contributed by atoms with Crippen molar-refractivity contribution in [1.82, 2.24) is 19.9 Å². The summed E-state index contributed by atoms with van der Waals surface area (Å²) in [6, 6.07) is 7.17. The number of carboxylic acid groups (broad SMARTS) is 1. The molecule has 27 heavy (non-hydrogen) atoms. The molecule has 0 radical (unpaired) electrons. The number of hydrogen-bond donors (Lipinski definition) is 3. The number of carbonyl (C=O) groups is 1. The maximum Gasteiger partial charge on any atom is 0.320 e. The molecular formula is C19H21N5O3. The van der Waals surface area contributed by atoms with Gasteiger partial charge in [-0.1, -0.05) is 12.1 Å². The molecule has 0 saturated carbocycles. The maximum atomic E-state index is 11.4. The number of piperidine rings is 1. The van der Waals surface area contributed by atoms with Gasteiger partial charge in [-0.15, -0.1) is 0 Å². The van der Waals surface area contributed by atoms with Gasteiger partial charge in [0, 0.05) is 17.8 Å². The van der Waals surface area contributed by atoms with E-state index in [0.717, 1.165) is 34.3 Å². The van der Waals surface area contributed by atoms with Crippen molar-refractivity contribution in [2.45, 2.75) is 24.9 Å². The predicted molar refractivity (Wildman–Crippen MR) is 102 cm³/mol. The second-order valence-corrected chi connectivity index (χ2v) is 6.66. The third-order valence-electron chi connectivity index (χ3n) is 5.11. The molecule has 0 bridgehead atoms. The molecule has 0 amide bonds. The number of anilines is 1. The van der Waals surface area contributed by atoms with Crippen LogP contribution in [0.2, 0.25) is 0 Å². The summed E-state index contributed by atoms with van der Waals surface area (Å²) in [5.74, 6) is 0.350. The number of hydrogen-bond acceptors (Lipinski definition) is 6. The highest BCUT2D eigenvalue weighted by Crippen LogP contribution is 2.37. The van der Waals surface area contributed by atoms with Crippen LogP contribution in [0.25, 0.3) is 22.2 Å². The smallest absolute Gasteiger partial charge is 0.320 e. The molecular weight excluding hydrogens is 346 g/mol. The Kier molecular flexibility index (Phi) is 4.41. The second-order valence-electron chi connectivity index (χ2n) is 6.66. The molecule has 4 rings (SSSR count). The molecule has 2 atom stereocenters. The number of benzene rings is 1. The van der Waals surface area contributed by atoms with E-state index in [1.807, 2.05) is 35.0 Å². The van der Waals surface area contributed by atoms with Gasteiger partial charge < -0.3 is 25.5 Å². The van der Waals surface area contributed by atoms with Crippen LogP contribution in [0.15, 0.2) is 36.8 Å². The highest BCUT2D eigenvalue weighted by atomic mass is 16.5. The first kappa shape index (κ1) is 17.3. The summed E-state index contributed by atoms with van der Waals surface area (Å²) >= 11 is 0. The number of rotatable bonds is 4. The number of nitrogens with one attached hydrogen (secondary N) is 1. The van der Waals surface area contributed by atoms with Gasteiger partial charge in [-0.25, -0.2) is 9.97 Å². The lowest BCUT2D eigenvalue weighted by molar-refractivity contribution is -0.140. The maximum absolute atomic E-state index is 11.4. The number of methoxy groups -OCH3 is 1. The van der Waals surface area contributed by atoms with Gasteiger partial charge in [0.15, 0.2) is 0 Å². The van der Waals surface area contributed by atoms with Crippen molar-refractivity contribution >= 4 is 22.8 Å². The van der Waals surface area contributed by atoms with Crippen LogP contribution in [0.1, 0.15) is 18.9 Å². The summed E-state index contributed by atoms with van der Waals surface area (Å²) in [4.78, 5) is 20.0. The minimum Gasteiger partial charge on any atom is -0.497 e. The zero-order chi connectivity index (χ0) is 19.0. The van der Waals surface area contributed by atoms with Crippen LogP contribution in [-0.4, -0.2) is 45.3 Å². The van der Waals surface area contributed by atoms with E-state index in [-0.39, 0.29) is 6.04 Å². The molecule has 3 heterocycles. The van der Waals surface area contributed by atoms with E-state index in [9.17, 15) is 9.90 Å². The Morgan fingerprint density at radius 1 is 1.33 bits per heavy atom. The lowest BCUT2D eigenvalue weighted by Gasteiger charge is -2.29. The van der Waals surface area contributed by atoms with Crippen molar-refractivity contribution in [3.63, 3.8) is 0 Å². The van der Waals surface area contributed by atoms with E-state index in [0.29, 0.717) is 18.8 Å². The molecule has 0 aliphatic carbocycles. The lowest BCUT2D eigenvalue weighted by atomic mass is 9.99. The van der Waals surface area contributed by atoms with Crippen molar-refractivity contribution in [1.29, 1.82) is 0 Å². The topological polar surface area (TPSA) is 115 Å². The minimum atomic E-state index is -0.833. The molecule has 2 aromatic heterocycles. The molecule has 8 heteroatoms. The highest BCUT2D eigenvalue weighted by molar-refractivity contribution is 6.00. The molecule has 8 nitrogen and oxygen atoms in total. The number of ether oxygens (including phenoxy) is 1. The number of nitrogen functional groups attached to an aromatic ring is 1. The Morgan fingerprint density at radius 2 is 2.11 bits per heavy atom. The van der Waals surface area contributed by atoms with Gasteiger partial charge in [-0.2, -0.15) is 0 Å². The summed E-state index contributed by atoms with van der Waals surface area (Å²) in [6.07, 6.45) is 4.76. The van der Waals surface area contributed by atoms with Crippen LogP contribution in [0.3, 0.4) is 0 Å². The fourth-order valence-corrected chi connectivity index (χ4v) is 3.71. The molecule has 140 valence electrons. The SMILES string of the molecule is COc1ccc(-c2cn(C3CCNC(C(=O)O)C3)c3ncnc(N)c23)cc1. The Hall–Kier alpha value is -3.13. The van der Waals surface area contributed by atoms with E-state index in [4.69, 9.17) is 10.5 Å². The van der Waals surface area contributed by atoms with Gasteiger partial charge in [0.2, 0.25) is 0 Å². The first-order valence-corrected chi connectivity index (χ1v) is 8.80. The third-order valence-corrected chi connectivity index (χ3v) is 5.11. The largest absolute Gasteiger partial charge is 0.497 e. The van der Waals surface area contributed by atoms with Crippen LogP contribution < -0.4 is 15.8 Å². The number of nitrogens with two attached hydrogens (primary N) is 1. The molecule has 2 unspecified atom stereocenters. The van der Waals surface area contributed by atoms with E-state index >= 15 is 0 Å². The van der Waals surface area contributed by atoms with Gasteiger partial charge in [-0.3, -0.25) is 4.79 Å². The normalized spacial score (nSPS) is 19.9. The van der Waals surface area contributed by atoms with E-state index in [1.54, 1.807) is 7.11 Å².